The van der Waals surface area contributed by atoms with Gasteiger partial charge in [0.05, 0.1) is 6.04 Å². The Hall–Kier alpha value is -1.89. The largest absolute Gasteiger partial charge is 0.492 e. The highest BCUT2D eigenvalue weighted by Gasteiger charge is 2.25. The Morgan fingerprint density at radius 3 is 2.41 bits per heavy atom. The van der Waals surface area contributed by atoms with Gasteiger partial charge in [-0.1, -0.05) is 34.1 Å². The second-order valence-electron chi connectivity index (χ2n) is 6.71. The van der Waals surface area contributed by atoms with Crippen molar-refractivity contribution in [2.45, 2.75) is 13.0 Å². The van der Waals surface area contributed by atoms with Crippen molar-refractivity contribution in [1.29, 1.82) is 0 Å². The van der Waals surface area contributed by atoms with Gasteiger partial charge < -0.3 is 10.1 Å². The zero-order valence-electron chi connectivity index (χ0n) is 15.6. The van der Waals surface area contributed by atoms with Crippen LogP contribution in [0.1, 0.15) is 6.92 Å². The molecule has 5 nitrogen and oxygen atoms in total. The summed E-state index contributed by atoms with van der Waals surface area (Å²) in [5, 5.41) is 2.99. The van der Waals surface area contributed by atoms with Crippen molar-refractivity contribution in [3.05, 3.63) is 59.1 Å². The van der Waals surface area contributed by atoms with Crippen molar-refractivity contribution < 1.29 is 9.53 Å². The van der Waals surface area contributed by atoms with E-state index in [4.69, 9.17) is 4.74 Å². The molecule has 0 radical (unpaired) electrons. The standard InChI is InChI=1S/C21H26BrN3O2/c1-17(21(26)23-19-9-7-18(22)8-10-19)25-13-11-24(12-14-25)15-16-27-20-5-3-2-4-6-20/h2-10,17H,11-16H2,1H3,(H,23,26)/t17-/m0/s1. The Labute approximate surface area is 169 Å². The van der Waals surface area contributed by atoms with Gasteiger partial charge in [0.15, 0.2) is 0 Å². The summed E-state index contributed by atoms with van der Waals surface area (Å²) in [5.41, 5.74) is 0.826. The molecule has 3 rings (SSSR count). The van der Waals surface area contributed by atoms with E-state index < -0.39 is 0 Å². The maximum Gasteiger partial charge on any atom is 0.241 e. The highest BCUT2D eigenvalue weighted by Crippen LogP contribution is 2.15. The van der Waals surface area contributed by atoms with Crippen LogP contribution >= 0.6 is 15.9 Å². The molecule has 0 bridgehead atoms. The molecular weight excluding hydrogens is 406 g/mol. The monoisotopic (exact) mass is 431 g/mol. The fourth-order valence-electron chi connectivity index (χ4n) is 3.13. The summed E-state index contributed by atoms with van der Waals surface area (Å²) in [5.74, 6) is 0.951. The van der Waals surface area contributed by atoms with Gasteiger partial charge in [-0.2, -0.15) is 0 Å². The topological polar surface area (TPSA) is 44.8 Å². The Bertz CT molecular complexity index is 716. The van der Waals surface area contributed by atoms with Gasteiger partial charge in [-0.15, -0.1) is 0 Å². The average molecular weight is 432 g/mol. The Kier molecular flexibility index (Phi) is 7.26. The molecule has 1 N–H and O–H groups in total. The second-order valence-corrected chi connectivity index (χ2v) is 7.63. The lowest BCUT2D eigenvalue weighted by Gasteiger charge is -2.37. The summed E-state index contributed by atoms with van der Waals surface area (Å²) >= 11 is 3.41. The number of amides is 1. The molecule has 2 aromatic carbocycles. The van der Waals surface area contributed by atoms with Crippen LogP contribution in [-0.2, 0) is 4.79 Å². The number of carbonyl (C=O) groups is 1. The molecule has 0 unspecified atom stereocenters. The summed E-state index contributed by atoms with van der Waals surface area (Å²) < 4.78 is 6.77. The molecule has 1 aliphatic rings. The highest BCUT2D eigenvalue weighted by atomic mass is 79.9. The number of piperazine rings is 1. The van der Waals surface area contributed by atoms with E-state index in [-0.39, 0.29) is 11.9 Å². The zero-order chi connectivity index (χ0) is 19.1. The first-order chi connectivity index (χ1) is 13.1. The minimum Gasteiger partial charge on any atom is -0.492 e. The lowest BCUT2D eigenvalue weighted by atomic mass is 10.2. The van der Waals surface area contributed by atoms with Gasteiger partial charge in [-0.3, -0.25) is 14.6 Å². The molecular formula is C21H26BrN3O2. The molecule has 1 saturated heterocycles. The number of halogens is 1. The third-order valence-electron chi connectivity index (χ3n) is 4.87. The van der Waals surface area contributed by atoms with Crippen LogP contribution in [0, 0.1) is 0 Å². The minimum absolute atomic E-state index is 0.0400. The number of benzene rings is 2. The Morgan fingerprint density at radius 2 is 1.74 bits per heavy atom. The predicted molar refractivity (Wildman–Crippen MR) is 112 cm³/mol. The molecule has 1 atom stereocenters. The normalized spacial score (nSPS) is 16.7. The number of rotatable bonds is 7. The summed E-state index contributed by atoms with van der Waals surface area (Å²) in [6, 6.07) is 17.4. The van der Waals surface area contributed by atoms with Gasteiger partial charge in [0.1, 0.15) is 12.4 Å². The van der Waals surface area contributed by atoms with Crippen molar-refractivity contribution >= 4 is 27.5 Å². The van der Waals surface area contributed by atoms with E-state index in [0.717, 1.165) is 48.6 Å². The first-order valence-corrected chi connectivity index (χ1v) is 10.1. The number of carbonyl (C=O) groups excluding carboxylic acids is 1. The molecule has 0 saturated carbocycles. The van der Waals surface area contributed by atoms with E-state index in [2.05, 4.69) is 31.0 Å². The summed E-state index contributed by atoms with van der Waals surface area (Å²) in [6.45, 7) is 7.25. The van der Waals surface area contributed by atoms with Crippen LogP contribution in [0.4, 0.5) is 5.69 Å². The molecule has 0 aromatic heterocycles. The molecule has 6 heteroatoms. The SMILES string of the molecule is C[C@@H](C(=O)Nc1ccc(Br)cc1)N1CCN(CCOc2ccccc2)CC1. The first kappa shape index (κ1) is 19.9. The van der Waals surface area contributed by atoms with Crippen molar-refractivity contribution in [3.63, 3.8) is 0 Å². The molecule has 0 spiro atoms. The van der Waals surface area contributed by atoms with E-state index in [1.807, 2.05) is 61.5 Å². The quantitative estimate of drug-likeness (QED) is 0.728. The van der Waals surface area contributed by atoms with Crippen LogP contribution in [0.5, 0.6) is 5.75 Å². The van der Waals surface area contributed by atoms with Crippen molar-refractivity contribution in [3.8, 4) is 5.75 Å². The zero-order valence-corrected chi connectivity index (χ0v) is 17.2. The van der Waals surface area contributed by atoms with E-state index in [9.17, 15) is 4.79 Å². The molecule has 2 aromatic rings. The molecule has 1 fully saturated rings. The van der Waals surface area contributed by atoms with Crippen LogP contribution in [0.15, 0.2) is 59.1 Å². The van der Waals surface area contributed by atoms with Gasteiger partial charge in [0.25, 0.3) is 0 Å². The van der Waals surface area contributed by atoms with Gasteiger partial charge in [-0.25, -0.2) is 0 Å². The molecule has 27 heavy (non-hydrogen) atoms. The molecule has 1 amide bonds. The number of para-hydroxylation sites is 1. The Balaban J connectivity index is 1.38. The summed E-state index contributed by atoms with van der Waals surface area (Å²) in [4.78, 5) is 17.1. The Morgan fingerprint density at radius 1 is 1.07 bits per heavy atom. The number of hydrogen-bond acceptors (Lipinski definition) is 4. The summed E-state index contributed by atoms with van der Waals surface area (Å²) in [6.07, 6.45) is 0. The van der Waals surface area contributed by atoms with Gasteiger partial charge >= 0.3 is 0 Å². The molecule has 1 aliphatic heterocycles. The maximum atomic E-state index is 12.5. The van der Waals surface area contributed by atoms with Crippen molar-refractivity contribution in [2.75, 3.05) is 44.6 Å². The van der Waals surface area contributed by atoms with Crippen molar-refractivity contribution in [2.24, 2.45) is 0 Å². The fraction of sp³-hybridized carbons (Fsp3) is 0.381. The van der Waals surface area contributed by atoms with E-state index in [0.29, 0.717) is 6.61 Å². The van der Waals surface area contributed by atoms with Crippen LogP contribution in [0.2, 0.25) is 0 Å². The van der Waals surface area contributed by atoms with Gasteiger partial charge in [0, 0.05) is 42.9 Å². The highest BCUT2D eigenvalue weighted by molar-refractivity contribution is 9.10. The van der Waals surface area contributed by atoms with Gasteiger partial charge in [0.2, 0.25) is 5.91 Å². The first-order valence-electron chi connectivity index (χ1n) is 9.32. The fourth-order valence-corrected chi connectivity index (χ4v) is 3.39. The lowest BCUT2D eigenvalue weighted by Crippen LogP contribution is -2.53. The van der Waals surface area contributed by atoms with Crippen LogP contribution in [0.25, 0.3) is 0 Å². The lowest BCUT2D eigenvalue weighted by molar-refractivity contribution is -0.121. The number of ether oxygens (including phenoxy) is 1. The minimum atomic E-state index is -0.142. The third-order valence-corrected chi connectivity index (χ3v) is 5.39. The predicted octanol–water partition coefficient (Wildman–Crippen LogP) is 3.47. The van der Waals surface area contributed by atoms with Crippen LogP contribution in [0.3, 0.4) is 0 Å². The van der Waals surface area contributed by atoms with Crippen LogP contribution in [-0.4, -0.2) is 61.1 Å². The van der Waals surface area contributed by atoms with E-state index >= 15 is 0 Å². The summed E-state index contributed by atoms with van der Waals surface area (Å²) in [7, 11) is 0. The van der Waals surface area contributed by atoms with Crippen molar-refractivity contribution in [1.82, 2.24) is 9.80 Å². The smallest absolute Gasteiger partial charge is 0.241 e. The molecule has 0 aliphatic carbocycles. The number of hydrogen-bond donors (Lipinski definition) is 1. The average Bonchev–Trinajstić information content (AvgIpc) is 2.70. The number of anilines is 1. The number of nitrogens with zero attached hydrogens (tertiary/aromatic N) is 2. The maximum absolute atomic E-state index is 12.5. The second kappa shape index (κ2) is 9.88. The van der Waals surface area contributed by atoms with Crippen LogP contribution < -0.4 is 10.1 Å². The third kappa shape index (κ3) is 6.06. The van der Waals surface area contributed by atoms with Gasteiger partial charge in [-0.05, 0) is 43.3 Å². The molecule has 1 heterocycles. The van der Waals surface area contributed by atoms with E-state index in [1.54, 1.807) is 0 Å². The number of nitrogens with one attached hydrogen (secondary N) is 1. The molecule has 144 valence electrons. The van der Waals surface area contributed by atoms with E-state index in [1.165, 1.54) is 0 Å².